The molecule has 11 heavy (non-hydrogen) atoms. The lowest BCUT2D eigenvalue weighted by Gasteiger charge is -1.90. The first-order chi connectivity index (χ1) is 5.24. The fraction of sp³-hybridized carbons (Fsp3) is 0. The van der Waals surface area contributed by atoms with E-state index in [9.17, 15) is 13.2 Å². The molecule has 8 heteroatoms. The largest absolute Gasteiger partial charge is 0.277 e. The molecular formula is C3H4N4O3S. The highest BCUT2D eigenvalue weighted by atomic mass is 32.2. The number of aromatic nitrogens is 3. The van der Waals surface area contributed by atoms with Crippen LogP contribution in [0.2, 0.25) is 0 Å². The Labute approximate surface area is 63.0 Å². The van der Waals surface area contributed by atoms with Crippen molar-refractivity contribution in [2.45, 2.75) is 5.16 Å². The van der Waals surface area contributed by atoms with Gasteiger partial charge in [0.25, 0.3) is 5.16 Å². The van der Waals surface area contributed by atoms with E-state index in [0.29, 0.717) is 6.41 Å². The topological polar surface area (TPSA) is 94.0 Å². The van der Waals surface area contributed by atoms with Gasteiger partial charge in [-0.2, -0.15) is 4.79 Å². The van der Waals surface area contributed by atoms with Gasteiger partial charge in [0.1, 0.15) is 6.33 Å². The van der Waals surface area contributed by atoms with E-state index in [1.54, 1.807) is 0 Å². The molecule has 0 unspecified atom stereocenters. The van der Waals surface area contributed by atoms with Gasteiger partial charge in [-0.05, 0) is 0 Å². The van der Waals surface area contributed by atoms with E-state index < -0.39 is 10.7 Å². The third kappa shape index (κ3) is 1.74. The molecule has 7 nitrogen and oxygen atoms in total. The van der Waals surface area contributed by atoms with Crippen LogP contribution in [0.5, 0.6) is 0 Å². The van der Waals surface area contributed by atoms with Crippen LogP contribution >= 0.6 is 0 Å². The zero-order chi connectivity index (χ0) is 8.27. The van der Waals surface area contributed by atoms with Crippen molar-refractivity contribution in [3.63, 3.8) is 0 Å². The normalized spacial score (nSPS) is 9.91. The van der Waals surface area contributed by atoms with Crippen molar-refractivity contribution in [2.75, 3.05) is 5.43 Å². The van der Waals surface area contributed by atoms with Gasteiger partial charge in [0, 0.05) is 0 Å². The van der Waals surface area contributed by atoms with Crippen molar-refractivity contribution in [3.8, 4) is 0 Å². The van der Waals surface area contributed by atoms with Gasteiger partial charge in [0.2, 0.25) is 17.1 Å². The predicted molar refractivity (Wildman–Crippen MR) is 34.0 cm³/mol. The molecule has 0 saturated heterocycles. The smallest absolute Gasteiger partial charge is 0.266 e. The van der Waals surface area contributed by atoms with Gasteiger partial charge in [-0.3, -0.25) is 4.79 Å². The maximum atomic E-state index is 10.2. The van der Waals surface area contributed by atoms with Crippen LogP contribution in [0.25, 0.3) is 0 Å². The fourth-order valence-electron chi connectivity index (χ4n) is 0.454. The zero-order valence-corrected chi connectivity index (χ0v) is 6.06. The van der Waals surface area contributed by atoms with Gasteiger partial charge in [-0.15, -0.1) is 5.10 Å². The molecule has 0 saturated carbocycles. The summed E-state index contributed by atoms with van der Waals surface area (Å²) in [6, 6.07) is 0. The quantitative estimate of drug-likeness (QED) is 0.408. The number of nitrogens with zero attached hydrogens (tertiary/aromatic N) is 3. The summed E-state index contributed by atoms with van der Waals surface area (Å²) in [6.45, 7) is 0. The second kappa shape index (κ2) is 3.10. The minimum Gasteiger partial charge on any atom is -0.277 e. The first kappa shape index (κ1) is 7.66. The minimum atomic E-state index is -2.78. The van der Waals surface area contributed by atoms with Crippen molar-refractivity contribution in [1.29, 1.82) is 0 Å². The Morgan fingerprint density at radius 1 is 1.64 bits per heavy atom. The molecule has 0 aromatic carbocycles. The summed E-state index contributed by atoms with van der Waals surface area (Å²) in [6.07, 6.45) is 1.44. The number of hydrogen-bond donors (Lipinski definition) is 2. The highest BCUT2D eigenvalue weighted by Crippen LogP contribution is 1.86. The number of amides is 1. The molecule has 1 amide bonds. The van der Waals surface area contributed by atoms with E-state index in [2.05, 4.69) is 15.5 Å². The van der Waals surface area contributed by atoms with Crippen molar-refractivity contribution >= 4 is 17.1 Å². The molecule has 60 valence electrons. The molecular weight excluding hydrogens is 172 g/mol. The monoisotopic (exact) mass is 176 g/mol. The van der Waals surface area contributed by atoms with E-state index >= 15 is 0 Å². The molecule has 0 atom stereocenters. The Kier molecular flexibility index (Phi) is 2.16. The number of carbonyl (C=O) groups excluding carboxylic acids is 1. The lowest BCUT2D eigenvalue weighted by atomic mass is 11.3. The lowest BCUT2D eigenvalue weighted by Crippen LogP contribution is -2.12. The molecule has 1 aromatic rings. The first-order valence-electron chi connectivity index (χ1n) is 2.50. The summed E-state index contributed by atoms with van der Waals surface area (Å²) in [5.74, 6) is 0. The summed E-state index contributed by atoms with van der Waals surface area (Å²) in [7, 11) is -2.78. The second-order valence-electron chi connectivity index (χ2n) is 1.49. The SMILES string of the molecule is O=CNn1cnc([SH](=O)=O)n1. The highest BCUT2D eigenvalue weighted by Gasteiger charge is 2.00. The standard InChI is InChI=1S/C3H4N4O3S/c8-2-5-7-1-4-3(6-7)11(9)10/h1-2,11H,(H,5,8). The van der Waals surface area contributed by atoms with Crippen LogP contribution in [0.3, 0.4) is 0 Å². The van der Waals surface area contributed by atoms with Crippen molar-refractivity contribution < 1.29 is 13.2 Å². The Morgan fingerprint density at radius 3 is 2.82 bits per heavy atom. The number of carbonyl (C=O) groups is 1. The molecule has 0 aliphatic heterocycles. The van der Waals surface area contributed by atoms with Crippen LogP contribution in [-0.2, 0) is 15.5 Å². The summed E-state index contributed by atoms with van der Waals surface area (Å²) < 4.78 is 20.4. The Balaban J connectivity index is 2.89. The predicted octanol–water partition coefficient (Wildman–Crippen LogP) is -2.05. The van der Waals surface area contributed by atoms with Crippen molar-refractivity contribution in [2.24, 2.45) is 0 Å². The Morgan fingerprint density at radius 2 is 2.36 bits per heavy atom. The Hall–Kier alpha value is -1.44. The molecule has 1 heterocycles. The number of hydrogen-bond acceptors (Lipinski definition) is 5. The van der Waals surface area contributed by atoms with E-state index in [4.69, 9.17) is 0 Å². The first-order valence-corrected chi connectivity index (χ1v) is 3.68. The molecule has 1 N–H and O–H groups in total. The average Bonchev–Trinajstić information content (AvgIpc) is 2.37. The molecule has 1 aromatic heterocycles. The summed E-state index contributed by atoms with van der Waals surface area (Å²) in [5.41, 5.74) is 2.08. The van der Waals surface area contributed by atoms with Gasteiger partial charge in [0.05, 0.1) is 0 Å². The van der Waals surface area contributed by atoms with E-state index in [0.717, 1.165) is 11.1 Å². The van der Waals surface area contributed by atoms with Crippen LogP contribution in [-0.4, -0.2) is 29.7 Å². The molecule has 0 aliphatic carbocycles. The average molecular weight is 176 g/mol. The highest BCUT2D eigenvalue weighted by molar-refractivity contribution is 7.72. The maximum Gasteiger partial charge on any atom is 0.266 e. The van der Waals surface area contributed by atoms with Gasteiger partial charge in [0.15, 0.2) is 0 Å². The van der Waals surface area contributed by atoms with E-state index in [-0.39, 0.29) is 5.16 Å². The summed E-state index contributed by atoms with van der Waals surface area (Å²) >= 11 is 0. The molecule has 0 radical (unpaired) electrons. The van der Waals surface area contributed by atoms with Crippen LogP contribution in [0.15, 0.2) is 11.5 Å². The van der Waals surface area contributed by atoms with Gasteiger partial charge in [-0.25, -0.2) is 18.8 Å². The van der Waals surface area contributed by atoms with Crippen molar-refractivity contribution in [1.82, 2.24) is 14.9 Å². The second-order valence-corrected chi connectivity index (χ2v) is 2.41. The molecule has 0 fully saturated rings. The Bertz CT molecular complexity index is 321. The van der Waals surface area contributed by atoms with Crippen LogP contribution in [0, 0.1) is 0 Å². The minimum absolute atomic E-state index is 0.325. The van der Waals surface area contributed by atoms with Gasteiger partial charge >= 0.3 is 0 Å². The molecule has 0 bridgehead atoms. The maximum absolute atomic E-state index is 10.2. The number of rotatable bonds is 3. The summed E-state index contributed by atoms with van der Waals surface area (Å²) in [5, 5.41) is 3.04. The summed E-state index contributed by atoms with van der Waals surface area (Å²) in [4.78, 5) is 14.1. The third-order valence-electron chi connectivity index (χ3n) is 0.828. The number of nitrogens with one attached hydrogen (secondary N) is 1. The molecule has 0 aliphatic rings. The van der Waals surface area contributed by atoms with E-state index in [1.165, 1.54) is 0 Å². The van der Waals surface area contributed by atoms with Crippen LogP contribution in [0.4, 0.5) is 0 Å². The lowest BCUT2D eigenvalue weighted by molar-refractivity contribution is -0.106. The van der Waals surface area contributed by atoms with Crippen molar-refractivity contribution in [3.05, 3.63) is 6.33 Å². The molecule has 1 rings (SSSR count). The van der Waals surface area contributed by atoms with Crippen LogP contribution in [0.1, 0.15) is 0 Å². The third-order valence-corrected chi connectivity index (χ3v) is 1.36. The van der Waals surface area contributed by atoms with Gasteiger partial charge < -0.3 is 0 Å². The molecule has 0 spiro atoms. The fourth-order valence-corrected chi connectivity index (χ4v) is 0.769. The zero-order valence-electron chi connectivity index (χ0n) is 5.17. The van der Waals surface area contributed by atoms with Gasteiger partial charge in [-0.1, -0.05) is 0 Å². The van der Waals surface area contributed by atoms with Crippen LogP contribution < -0.4 is 5.43 Å². The van der Waals surface area contributed by atoms with E-state index in [1.807, 2.05) is 0 Å². The number of thiol groups is 1.